The Morgan fingerprint density at radius 1 is 1.40 bits per heavy atom. The highest BCUT2D eigenvalue weighted by Crippen LogP contribution is 2.24. The lowest BCUT2D eigenvalue weighted by Crippen LogP contribution is -2.48. The maximum Gasteiger partial charge on any atom is 0.238 e. The van der Waals surface area contributed by atoms with Gasteiger partial charge in [-0.2, -0.15) is 0 Å². The summed E-state index contributed by atoms with van der Waals surface area (Å²) in [6.07, 6.45) is 0.135. The third-order valence-corrected chi connectivity index (χ3v) is 4.72. The van der Waals surface area contributed by atoms with Gasteiger partial charge in [0.25, 0.3) is 0 Å². The van der Waals surface area contributed by atoms with Crippen LogP contribution in [-0.2, 0) is 9.53 Å². The van der Waals surface area contributed by atoms with Crippen molar-refractivity contribution in [3.63, 3.8) is 0 Å². The molecule has 1 fully saturated rings. The van der Waals surface area contributed by atoms with E-state index < -0.39 is 0 Å². The van der Waals surface area contributed by atoms with Gasteiger partial charge in [0.15, 0.2) is 0 Å². The molecule has 1 heterocycles. The van der Waals surface area contributed by atoms with Gasteiger partial charge in [-0.25, -0.2) is 0 Å². The van der Waals surface area contributed by atoms with E-state index in [1.54, 1.807) is 18.2 Å². The van der Waals surface area contributed by atoms with Gasteiger partial charge in [0.1, 0.15) is 0 Å². The second kappa shape index (κ2) is 9.74. The number of halogens is 2. The van der Waals surface area contributed by atoms with Crippen molar-refractivity contribution in [3.8, 4) is 0 Å². The van der Waals surface area contributed by atoms with Gasteiger partial charge in [-0.15, -0.1) is 0 Å². The van der Waals surface area contributed by atoms with Gasteiger partial charge in [0, 0.05) is 31.9 Å². The Morgan fingerprint density at radius 2 is 2.16 bits per heavy atom. The minimum Gasteiger partial charge on any atom is -0.374 e. The fraction of sp³-hybridized carbons (Fsp3) is 0.611. The van der Waals surface area contributed by atoms with Gasteiger partial charge in [-0.05, 0) is 31.2 Å². The topological polar surface area (TPSA) is 44.8 Å². The fourth-order valence-electron chi connectivity index (χ4n) is 3.00. The Hall–Kier alpha value is -0.850. The minimum atomic E-state index is -0.0873. The predicted octanol–water partition coefficient (Wildman–Crippen LogP) is 3.22. The maximum atomic E-state index is 12.2. The number of hydrogen-bond acceptors (Lipinski definition) is 4. The molecule has 0 aliphatic carbocycles. The Balaban J connectivity index is 1.77. The lowest BCUT2D eigenvalue weighted by molar-refractivity contribution is -0.117. The molecule has 1 saturated heterocycles. The van der Waals surface area contributed by atoms with Crippen molar-refractivity contribution in [2.75, 3.05) is 51.7 Å². The summed E-state index contributed by atoms with van der Waals surface area (Å²) in [4.78, 5) is 16.6. The summed E-state index contributed by atoms with van der Waals surface area (Å²) in [7, 11) is 1.93. The second-order valence-electron chi connectivity index (χ2n) is 7.02. The molecule has 25 heavy (non-hydrogen) atoms. The van der Waals surface area contributed by atoms with E-state index in [-0.39, 0.29) is 12.0 Å². The Bertz CT molecular complexity index is 583. The lowest BCUT2D eigenvalue weighted by Gasteiger charge is -2.35. The molecule has 140 valence electrons. The lowest BCUT2D eigenvalue weighted by atomic mass is 10.1. The number of nitrogens with zero attached hydrogens (tertiary/aromatic N) is 2. The first kappa shape index (κ1) is 20.5. The number of nitrogens with one attached hydrogen (secondary N) is 1. The van der Waals surface area contributed by atoms with Gasteiger partial charge in [0.05, 0.1) is 29.3 Å². The van der Waals surface area contributed by atoms with E-state index in [1.165, 1.54) is 0 Å². The van der Waals surface area contributed by atoms with Crippen molar-refractivity contribution in [2.45, 2.75) is 20.0 Å². The smallest absolute Gasteiger partial charge is 0.238 e. The standard InChI is InChI=1S/C18H27Cl2N3O2/c1-13(2)9-23-6-7-25-15(11-23)10-22(3)12-18(24)21-14-4-5-16(19)17(20)8-14/h4-5,8,13,15H,6-7,9-12H2,1-3H3,(H,21,24)/t15-/m1/s1. The monoisotopic (exact) mass is 387 g/mol. The maximum absolute atomic E-state index is 12.2. The molecule has 0 spiro atoms. The van der Waals surface area contributed by atoms with Crippen LogP contribution in [0.4, 0.5) is 5.69 Å². The molecule has 1 N–H and O–H groups in total. The van der Waals surface area contributed by atoms with E-state index in [0.29, 0.717) is 28.2 Å². The van der Waals surface area contributed by atoms with E-state index in [1.807, 2.05) is 11.9 Å². The summed E-state index contributed by atoms with van der Waals surface area (Å²) in [5.74, 6) is 0.559. The van der Waals surface area contributed by atoms with Crippen LogP contribution in [0.1, 0.15) is 13.8 Å². The first-order chi connectivity index (χ1) is 11.8. The van der Waals surface area contributed by atoms with Gasteiger partial charge in [-0.1, -0.05) is 37.0 Å². The number of hydrogen-bond donors (Lipinski definition) is 1. The third-order valence-electron chi connectivity index (χ3n) is 3.98. The van der Waals surface area contributed by atoms with Crippen molar-refractivity contribution in [2.24, 2.45) is 5.92 Å². The molecular formula is C18H27Cl2N3O2. The van der Waals surface area contributed by atoms with Crippen molar-refractivity contribution < 1.29 is 9.53 Å². The molecule has 2 rings (SSSR count). The number of benzene rings is 1. The van der Waals surface area contributed by atoms with Crippen LogP contribution in [-0.4, -0.2) is 68.2 Å². The van der Waals surface area contributed by atoms with E-state index in [0.717, 1.165) is 32.8 Å². The van der Waals surface area contributed by atoms with E-state index in [9.17, 15) is 4.79 Å². The molecule has 1 aromatic carbocycles. The highest BCUT2D eigenvalue weighted by atomic mass is 35.5. The summed E-state index contributed by atoms with van der Waals surface area (Å²) in [5.41, 5.74) is 0.643. The molecule has 1 aromatic rings. The molecule has 1 aliphatic heterocycles. The highest BCUT2D eigenvalue weighted by molar-refractivity contribution is 6.42. The van der Waals surface area contributed by atoms with Crippen molar-refractivity contribution in [1.82, 2.24) is 9.80 Å². The molecular weight excluding hydrogens is 361 g/mol. The number of rotatable bonds is 7. The summed E-state index contributed by atoms with van der Waals surface area (Å²) < 4.78 is 5.84. The van der Waals surface area contributed by atoms with Crippen molar-refractivity contribution >= 4 is 34.8 Å². The number of likely N-dealkylation sites (N-methyl/N-ethyl adjacent to an activating group) is 1. The second-order valence-corrected chi connectivity index (χ2v) is 7.83. The number of carbonyl (C=O) groups excluding carboxylic acids is 1. The van der Waals surface area contributed by atoms with Crippen LogP contribution >= 0.6 is 23.2 Å². The molecule has 1 amide bonds. The largest absolute Gasteiger partial charge is 0.374 e. The molecule has 0 saturated carbocycles. The zero-order valence-corrected chi connectivity index (χ0v) is 16.6. The van der Waals surface area contributed by atoms with Crippen LogP contribution in [0.5, 0.6) is 0 Å². The van der Waals surface area contributed by atoms with E-state index in [4.69, 9.17) is 27.9 Å². The van der Waals surface area contributed by atoms with Gasteiger partial charge in [0.2, 0.25) is 5.91 Å². The van der Waals surface area contributed by atoms with Crippen molar-refractivity contribution in [3.05, 3.63) is 28.2 Å². The Morgan fingerprint density at radius 3 is 2.84 bits per heavy atom. The average Bonchev–Trinajstić information content (AvgIpc) is 2.50. The van der Waals surface area contributed by atoms with Crippen LogP contribution in [0.15, 0.2) is 18.2 Å². The first-order valence-corrected chi connectivity index (χ1v) is 9.36. The minimum absolute atomic E-state index is 0.0873. The molecule has 0 radical (unpaired) electrons. The quantitative estimate of drug-likeness (QED) is 0.779. The zero-order chi connectivity index (χ0) is 18.4. The molecule has 5 nitrogen and oxygen atoms in total. The average molecular weight is 388 g/mol. The number of carbonyl (C=O) groups is 1. The summed E-state index contributed by atoms with van der Waals surface area (Å²) in [6.45, 7) is 9.21. The van der Waals surface area contributed by atoms with E-state index in [2.05, 4.69) is 24.1 Å². The van der Waals surface area contributed by atoms with Gasteiger partial charge in [-0.3, -0.25) is 14.6 Å². The molecule has 7 heteroatoms. The molecule has 0 unspecified atom stereocenters. The van der Waals surface area contributed by atoms with E-state index >= 15 is 0 Å². The Kier molecular flexibility index (Phi) is 7.97. The highest BCUT2D eigenvalue weighted by Gasteiger charge is 2.22. The normalized spacial score (nSPS) is 18.8. The van der Waals surface area contributed by atoms with Crippen molar-refractivity contribution in [1.29, 1.82) is 0 Å². The molecule has 0 bridgehead atoms. The molecule has 0 aromatic heterocycles. The van der Waals surface area contributed by atoms with Gasteiger partial charge < -0.3 is 10.1 Å². The number of anilines is 1. The Labute approximate surface area is 160 Å². The molecule has 1 aliphatic rings. The fourth-order valence-corrected chi connectivity index (χ4v) is 3.30. The SMILES string of the molecule is CC(C)CN1CCO[C@H](CN(C)CC(=O)Nc2ccc(Cl)c(Cl)c2)C1. The van der Waals surface area contributed by atoms with Crippen LogP contribution in [0.25, 0.3) is 0 Å². The summed E-state index contributed by atoms with van der Waals surface area (Å²) in [5, 5.41) is 3.73. The number of ether oxygens (including phenoxy) is 1. The van der Waals surface area contributed by atoms with Crippen LogP contribution in [0, 0.1) is 5.92 Å². The zero-order valence-electron chi connectivity index (χ0n) is 15.1. The number of morpholine rings is 1. The van der Waals surface area contributed by atoms with Crippen LogP contribution < -0.4 is 5.32 Å². The third kappa shape index (κ3) is 7.12. The first-order valence-electron chi connectivity index (χ1n) is 8.61. The number of amides is 1. The van der Waals surface area contributed by atoms with Gasteiger partial charge >= 0.3 is 0 Å². The van der Waals surface area contributed by atoms with Crippen LogP contribution in [0.3, 0.4) is 0 Å². The summed E-state index contributed by atoms with van der Waals surface area (Å²) >= 11 is 11.8. The predicted molar refractivity (Wildman–Crippen MR) is 104 cm³/mol. The van der Waals surface area contributed by atoms with Crippen LogP contribution in [0.2, 0.25) is 10.0 Å². The molecule has 1 atom stereocenters. The summed E-state index contributed by atoms with van der Waals surface area (Å²) in [6, 6.07) is 5.05.